The SMILES string of the molecule is CCOc1ccc(C2=C(N3CCC(C)CC3)C(=O)N(c3ccc(Cl)cc3)C2=O)cc1. The summed E-state index contributed by atoms with van der Waals surface area (Å²) in [5.74, 6) is 0.776. The second-order valence-corrected chi connectivity index (χ2v) is 8.21. The molecule has 2 heterocycles. The number of hydrogen-bond acceptors (Lipinski definition) is 4. The zero-order chi connectivity index (χ0) is 21.3. The van der Waals surface area contributed by atoms with Crippen LogP contribution in [0.5, 0.6) is 5.75 Å². The number of hydrogen-bond donors (Lipinski definition) is 0. The highest BCUT2D eigenvalue weighted by atomic mass is 35.5. The predicted octanol–water partition coefficient (Wildman–Crippen LogP) is 4.76. The Morgan fingerprint density at radius 2 is 1.60 bits per heavy atom. The van der Waals surface area contributed by atoms with Crippen LogP contribution in [0.15, 0.2) is 54.2 Å². The fourth-order valence-corrected chi connectivity index (χ4v) is 4.14. The minimum absolute atomic E-state index is 0.277. The van der Waals surface area contributed by atoms with Gasteiger partial charge in [0, 0.05) is 18.1 Å². The highest BCUT2D eigenvalue weighted by Crippen LogP contribution is 2.37. The Morgan fingerprint density at radius 3 is 2.20 bits per heavy atom. The molecule has 5 nitrogen and oxygen atoms in total. The van der Waals surface area contributed by atoms with E-state index in [1.807, 2.05) is 31.2 Å². The van der Waals surface area contributed by atoms with E-state index < -0.39 is 0 Å². The molecule has 1 saturated heterocycles. The molecule has 2 aromatic carbocycles. The van der Waals surface area contributed by atoms with Crippen LogP contribution in [0.25, 0.3) is 5.57 Å². The normalized spacial score (nSPS) is 17.8. The van der Waals surface area contributed by atoms with Gasteiger partial charge in [0.1, 0.15) is 11.4 Å². The largest absolute Gasteiger partial charge is 0.494 e. The molecular formula is C24H25ClN2O3. The van der Waals surface area contributed by atoms with Crippen LogP contribution in [-0.2, 0) is 9.59 Å². The third-order valence-electron chi connectivity index (χ3n) is 5.70. The molecule has 30 heavy (non-hydrogen) atoms. The zero-order valence-corrected chi connectivity index (χ0v) is 18.0. The Kier molecular flexibility index (Phi) is 5.82. The van der Waals surface area contributed by atoms with Gasteiger partial charge < -0.3 is 9.64 Å². The van der Waals surface area contributed by atoms with Gasteiger partial charge in [-0.05, 0) is 67.6 Å². The molecule has 0 aromatic heterocycles. The van der Waals surface area contributed by atoms with Crippen LogP contribution < -0.4 is 9.64 Å². The first-order valence-corrected chi connectivity index (χ1v) is 10.7. The summed E-state index contributed by atoms with van der Waals surface area (Å²) in [4.78, 5) is 30.3. The Hall–Kier alpha value is -2.79. The van der Waals surface area contributed by atoms with Crippen LogP contribution in [0.3, 0.4) is 0 Å². The molecule has 156 valence electrons. The number of nitrogens with zero attached hydrogens (tertiary/aromatic N) is 2. The van der Waals surface area contributed by atoms with E-state index in [1.165, 1.54) is 4.90 Å². The number of amides is 2. The van der Waals surface area contributed by atoms with Crippen molar-refractivity contribution in [2.45, 2.75) is 26.7 Å². The number of carbonyl (C=O) groups excluding carboxylic acids is 2. The van der Waals surface area contributed by atoms with Crippen molar-refractivity contribution in [2.75, 3.05) is 24.6 Å². The highest BCUT2D eigenvalue weighted by Gasteiger charge is 2.42. The molecule has 0 saturated carbocycles. The zero-order valence-electron chi connectivity index (χ0n) is 17.2. The Balaban J connectivity index is 1.76. The van der Waals surface area contributed by atoms with Crippen LogP contribution in [-0.4, -0.2) is 36.4 Å². The number of benzene rings is 2. The van der Waals surface area contributed by atoms with E-state index in [0.717, 1.165) is 37.2 Å². The summed E-state index contributed by atoms with van der Waals surface area (Å²) in [7, 11) is 0. The van der Waals surface area contributed by atoms with E-state index >= 15 is 0 Å². The highest BCUT2D eigenvalue weighted by molar-refractivity contribution is 6.45. The van der Waals surface area contributed by atoms with Gasteiger partial charge >= 0.3 is 0 Å². The van der Waals surface area contributed by atoms with Gasteiger partial charge in [-0.15, -0.1) is 0 Å². The van der Waals surface area contributed by atoms with Crippen LogP contribution in [0.1, 0.15) is 32.3 Å². The topological polar surface area (TPSA) is 49.9 Å². The quantitative estimate of drug-likeness (QED) is 0.649. The summed E-state index contributed by atoms with van der Waals surface area (Å²) in [6.07, 6.45) is 2.00. The fraction of sp³-hybridized carbons (Fsp3) is 0.333. The van der Waals surface area contributed by atoms with Crippen molar-refractivity contribution in [3.8, 4) is 5.75 Å². The van der Waals surface area contributed by atoms with Crippen molar-refractivity contribution in [3.05, 3.63) is 64.8 Å². The molecule has 0 aliphatic carbocycles. The molecule has 0 N–H and O–H groups in total. The lowest BCUT2D eigenvalue weighted by atomic mass is 9.97. The van der Waals surface area contributed by atoms with Gasteiger partial charge in [-0.25, -0.2) is 4.90 Å². The summed E-state index contributed by atoms with van der Waals surface area (Å²) >= 11 is 6.00. The standard InChI is InChI=1S/C24H25ClN2O3/c1-3-30-20-10-4-17(5-11-20)21-22(26-14-12-16(2)13-15-26)24(29)27(23(21)28)19-8-6-18(25)7-9-19/h4-11,16H,3,12-15H2,1-2H3. The monoisotopic (exact) mass is 424 g/mol. The van der Waals surface area contributed by atoms with Crippen molar-refractivity contribution in [3.63, 3.8) is 0 Å². The second-order valence-electron chi connectivity index (χ2n) is 7.77. The summed E-state index contributed by atoms with van der Waals surface area (Å²) in [6.45, 7) is 6.26. The first-order chi connectivity index (χ1) is 14.5. The molecular weight excluding hydrogens is 400 g/mol. The number of imide groups is 1. The van der Waals surface area contributed by atoms with Gasteiger partial charge in [0.2, 0.25) is 0 Å². The number of halogens is 1. The third kappa shape index (κ3) is 3.82. The van der Waals surface area contributed by atoms with Crippen molar-refractivity contribution in [1.29, 1.82) is 0 Å². The first-order valence-electron chi connectivity index (χ1n) is 10.4. The molecule has 2 aliphatic rings. The molecule has 2 aromatic rings. The summed E-state index contributed by atoms with van der Waals surface area (Å²) < 4.78 is 5.53. The van der Waals surface area contributed by atoms with Crippen LogP contribution in [0.4, 0.5) is 5.69 Å². The number of piperidine rings is 1. The maximum Gasteiger partial charge on any atom is 0.282 e. The average Bonchev–Trinajstić information content (AvgIpc) is 3.00. The van der Waals surface area contributed by atoms with E-state index in [4.69, 9.17) is 16.3 Å². The first kappa shape index (κ1) is 20.5. The number of rotatable bonds is 5. The maximum atomic E-state index is 13.5. The summed E-state index contributed by atoms with van der Waals surface area (Å²) in [6, 6.07) is 14.2. The van der Waals surface area contributed by atoms with Crippen LogP contribution >= 0.6 is 11.6 Å². The van der Waals surface area contributed by atoms with Crippen molar-refractivity contribution >= 4 is 34.7 Å². The van der Waals surface area contributed by atoms with Crippen molar-refractivity contribution in [2.24, 2.45) is 5.92 Å². The Morgan fingerprint density at radius 1 is 0.967 bits per heavy atom. The summed E-state index contributed by atoms with van der Waals surface area (Å²) in [5, 5.41) is 0.558. The minimum Gasteiger partial charge on any atom is -0.494 e. The van der Waals surface area contributed by atoms with Crippen LogP contribution in [0.2, 0.25) is 5.02 Å². The van der Waals surface area contributed by atoms with E-state index in [9.17, 15) is 9.59 Å². The Labute approximate surface area is 181 Å². The number of likely N-dealkylation sites (tertiary alicyclic amines) is 1. The summed E-state index contributed by atoms with van der Waals surface area (Å²) in [5.41, 5.74) is 2.19. The van der Waals surface area contributed by atoms with Gasteiger partial charge in [0.15, 0.2) is 0 Å². The third-order valence-corrected chi connectivity index (χ3v) is 5.95. The maximum absolute atomic E-state index is 13.5. The molecule has 6 heteroatoms. The van der Waals surface area contributed by atoms with Crippen molar-refractivity contribution < 1.29 is 14.3 Å². The minimum atomic E-state index is -0.305. The molecule has 0 unspecified atom stereocenters. The average molecular weight is 425 g/mol. The van der Waals surface area contributed by atoms with Gasteiger partial charge in [-0.2, -0.15) is 0 Å². The lowest BCUT2D eigenvalue weighted by molar-refractivity contribution is -0.120. The Bertz CT molecular complexity index is 975. The van der Waals surface area contributed by atoms with E-state index in [0.29, 0.717) is 34.5 Å². The smallest absolute Gasteiger partial charge is 0.282 e. The van der Waals surface area contributed by atoms with Crippen LogP contribution in [0, 0.1) is 5.92 Å². The van der Waals surface area contributed by atoms with Gasteiger partial charge in [0.05, 0.1) is 17.9 Å². The molecule has 0 bridgehead atoms. The number of ether oxygens (including phenoxy) is 1. The van der Waals surface area contributed by atoms with E-state index in [2.05, 4.69) is 11.8 Å². The molecule has 2 aliphatic heterocycles. The van der Waals surface area contributed by atoms with E-state index in [-0.39, 0.29) is 11.8 Å². The molecule has 0 radical (unpaired) electrons. The molecule has 2 amide bonds. The molecule has 4 rings (SSSR count). The number of carbonyl (C=O) groups is 2. The van der Waals surface area contributed by atoms with Gasteiger partial charge in [0.25, 0.3) is 11.8 Å². The molecule has 1 fully saturated rings. The molecule has 0 spiro atoms. The van der Waals surface area contributed by atoms with Crippen molar-refractivity contribution in [1.82, 2.24) is 4.90 Å². The lowest BCUT2D eigenvalue weighted by Crippen LogP contribution is -2.38. The fourth-order valence-electron chi connectivity index (χ4n) is 4.01. The molecule has 0 atom stereocenters. The number of anilines is 1. The van der Waals surface area contributed by atoms with Gasteiger partial charge in [-0.1, -0.05) is 30.7 Å². The van der Waals surface area contributed by atoms with E-state index in [1.54, 1.807) is 24.3 Å². The predicted molar refractivity (Wildman–Crippen MR) is 118 cm³/mol. The second kappa shape index (κ2) is 8.52. The van der Waals surface area contributed by atoms with Gasteiger partial charge in [-0.3, -0.25) is 9.59 Å². The lowest BCUT2D eigenvalue weighted by Gasteiger charge is -2.32.